The van der Waals surface area contributed by atoms with Crippen molar-refractivity contribution in [2.75, 3.05) is 77.3 Å². The third kappa shape index (κ3) is 13.2. The fraction of sp³-hybridized carbons (Fsp3) is 0.419. The number of rotatable bonds is 18. The summed E-state index contributed by atoms with van der Waals surface area (Å²) >= 11 is 11.1. The number of benzene rings is 2. The molecule has 0 aromatic heterocycles. The van der Waals surface area contributed by atoms with E-state index < -0.39 is 74.1 Å². The van der Waals surface area contributed by atoms with Crippen LogP contribution in [0.3, 0.4) is 0 Å². The van der Waals surface area contributed by atoms with E-state index in [9.17, 15) is 49.2 Å². The molecule has 24 heteroatoms. The van der Waals surface area contributed by atoms with Crippen molar-refractivity contribution in [1.82, 2.24) is 20.4 Å². The van der Waals surface area contributed by atoms with Crippen molar-refractivity contribution in [3.8, 4) is 0 Å². The zero-order valence-corrected chi connectivity index (χ0v) is 41.8. The number of anilines is 2. The van der Waals surface area contributed by atoms with Crippen LogP contribution in [0.1, 0.15) is 47.9 Å². The second kappa shape index (κ2) is 23.9. The van der Waals surface area contributed by atoms with Gasteiger partial charge in [0.05, 0.1) is 73.3 Å². The highest BCUT2D eigenvalue weighted by molar-refractivity contribution is 14.1. The van der Waals surface area contributed by atoms with Gasteiger partial charge in [0.15, 0.2) is 0 Å². The lowest BCUT2D eigenvalue weighted by Crippen LogP contribution is -2.37. The van der Waals surface area contributed by atoms with Crippen LogP contribution in [0.5, 0.6) is 0 Å². The first-order valence-corrected chi connectivity index (χ1v) is 22.1. The van der Waals surface area contributed by atoms with E-state index >= 15 is 0 Å². The first-order valence-electron chi connectivity index (χ1n) is 15.7. The fourth-order valence-corrected chi connectivity index (χ4v) is 13.3. The maximum atomic E-state index is 14.0. The summed E-state index contributed by atoms with van der Waals surface area (Å²) in [6.07, 6.45) is -2.22. The minimum atomic E-state index is -1.24. The summed E-state index contributed by atoms with van der Waals surface area (Å²) in [6, 6.07) is 0. The van der Waals surface area contributed by atoms with E-state index in [1.807, 2.05) is 136 Å². The maximum absolute atomic E-state index is 14.0. The van der Waals surface area contributed by atoms with Gasteiger partial charge in [0.1, 0.15) is 13.2 Å². The Hall–Kier alpha value is -0.600. The summed E-state index contributed by atoms with van der Waals surface area (Å²) in [5.74, 6) is -4.00. The lowest BCUT2D eigenvalue weighted by molar-refractivity contribution is -0.119. The zero-order chi connectivity index (χ0) is 41.9. The van der Waals surface area contributed by atoms with Crippen LogP contribution in [-0.2, 0) is 9.59 Å². The molecule has 0 aliphatic carbocycles. The molecule has 0 saturated heterocycles. The average molecular weight is 1450 g/mol. The van der Waals surface area contributed by atoms with Crippen molar-refractivity contribution in [3.63, 3.8) is 0 Å². The van der Waals surface area contributed by atoms with Gasteiger partial charge >= 0.3 is 0 Å². The standard InChI is InChI=1S/C31H36I6N6O12/c1-42(30(54)18-20(32)16(28(52)38-6-12(48)8-44)22(34)26(24(18)36)40-14(50)10-46)4-3-5-43(2)31(55)19-21(33)17(29(53)39-7-13(49)9-45)23(35)27(25(19)37)41-15(51)11-47/h12-13,44-49H,3-11H2,1-2H3,(H,38,52)(H,39,53)(H,40,50)(H,41,51). The van der Waals surface area contributed by atoms with Crippen LogP contribution in [0.2, 0.25) is 0 Å². The Morgan fingerprint density at radius 1 is 0.545 bits per heavy atom. The van der Waals surface area contributed by atoms with Crippen LogP contribution in [0.4, 0.5) is 11.4 Å². The number of aliphatic hydroxyl groups excluding tert-OH is 6. The van der Waals surface area contributed by atoms with Crippen molar-refractivity contribution in [3.05, 3.63) is 43.7 Å². The number of amides is 6. The predicted molar refractivity (Wildman–Crippen MR) is 250 cm³/mol. The van der Waals surface area contributed by atoms with Gasteiger partial charge in [-0.05, 0) is 142 Å². The Kier molecular flexibility index (Phi) is 21.9. The summed E-state index contributed by atoms with van der Waals surface area (Å²) in [4.78, 5) is 81.6. The van der Waals surface area contributed by atoms with Crippen molar-refractivity contribution in [2.45, 2.75) is 18.6 Å². The summed E-state index contributed by atoms with van der Waals surface area (Å²) in [6.45, 7) is -3.28. The quantitative estimate of drug-likeness (QED) is 0.0919. The minimum Gasteiger partial charge on any atom is -0.394 e. The molecule has 2 unspecified atom stereocenters. The number of carbonyl (C=O) groups excluding carboxylic acids is 6. The number of hydrogen-bond acceptors (Lipinski definition) is 12. The van der Waals surface area contributed by atoms with E-state index in [2.05, 4.69) is 21.3 Å². The smallest absolute Gasteiger partial charge is 0.255 e. The molecule has 0 saturated carbocycles. The van der Waals surface area contributed by atoms with Crippen LogP contribution < -0.4 is 21.3 Å². The SMILES string of the molecule is CN(CCCN(C)C(=O)c1c(I)c(NC(=O)CO)c(I)c(C(=O)NCC(O)CO)c1I)C(=O)c1c(I)c(NC(=O)CO)c(I)c(C(=O)NCC(O)CO)c1I. The molecule has 10 N–H and O–H groups in total. The van der Waals surface area contributed by atoms with Gasteiger partial charge in [-0.2, -0.15) is 0 Å². The Morgan fingerprint density at radius 3 is 1.15 bits per heavy atom. The molecule has 0 fully saturated rings. The monoisotopic (exact) mass is 1450 g/mol. The number of aliphatic hydroxyl groups is 6. The minimum absolute atomic E-state index is 0.0241. The molecule has 0 heterocycles. The second-order valence-corrected chi connectivity index (χ2v) is 17.9. The van der Waals surface area contributed by atoms with Gasteiger partial charge < -0.3 is 61.7 Å². The summed E-state index contributed by atoms with van der Waals surface area (Å²) < 4.78 is 1.61. The number of halogens is 6. The molecule has 304 valence electrons. The van der Waals surface area contributed by atoms with E-state index in [1.54, 1.807) is 0 Å². The van der Waals surface area contributed by atoms with Gasteiger partial charge in [0.25, 0.3) is 23.6 Å². The molecule has 55 heavy (non-hydrogen) atoms. The van der Waals surface area contributed by atoms with Gasteiger partial charge in [-0.3, -0.25) is 28.8 Å². The Bertz CT molecular complexity index is 1690. The lowest BCUT2D eigenvalue weighted by atomic mass is 10.1. The molecular formula is C31H36I6N6O12. The average Bonchev–Trinajstić information content (AvgIpc) is 3.15. The maximum Gasteiger partial charge on any atom is 0.255 e. The topological polar surface area (TPSA) is 278 Å². The van der Waals surface area contributed by atoms with E-state index in [4.69, 9.17) is 10.2 Å². The Morgan fingerprint density at radius 2 is 0.855 bits per heavy atom. The molecule has 18 nitrogen and oxygen atoms in total. The molecule has 0 spiro atoms. The number of nitrogens with zero attached hydrogens (tertiary/aromatic N) is 2. The second-order valence-electron chi connectivity index (χ2n) is 11.4. The number of nitrogens with one attached hydrogen (secondary N) is 4. The molecule has 0 aliphatic heterocycles. The lowest BCUT2D eigenvalue weighted by Gasteiger charge is -2.25. The third-order valence-electron chi connectivity index (χ3n) is 7.43. The van der Waals surface area contributed by atoms with E-state index in [0.717, 1.165) is 0 Å². The number of hydrogen-bond donors (Lipinski definition) is 10. The Balaban J connectivity index is 2.44. The molecule has 2 atom stereocenters. The normalized spacial score (nSPS) is 12.0. The highest BCUT2D eigenvalue weighted by atomic mass is 127. The van der Waals surface area contributed by atoms with E-state index in [-0.39, 0.29) is 80.5 Å². The molecule has 2 aromatic rings. The first-order chi connectivity index (χ1) is 25.8. The first kappa shape index (κ1) is 50.5. The van der Waals surface area contributed by atoms with Crippen molar-refractivity contribution in [1.29, 1.82) is 0 Å². The van der Waals surface area contributed by atoms with Gasteiger partial charge in [0, 0.05) is 47.4 Å². The third-order valence-corrected chi connectivity index (χ3v) is 13.9. The van der Waals surface area contributed by atoms with Crippen LogP contribution in [0, 0.1) is 21.4 Å². The fourth-order valence-electron chi connectivity index (χ4n) is 4.54. The van der Waals surface area contributed by atoms with Crippen LogP contribution in [-0.4, -0.2) is 155 Å². The van der Waals surface area contributed by atoms with Crippen molar-refractivity contribution < 1.29 is 59.4 Å². The van der Waals surface area contributed by atoms with Crippen molar-refractivity contribution >= 4 is 182 Å². The molecule has 2 rings (SSSR count). The summed E-state index contributed by atoms with van der Waals surface area (Å²) in [7, 11) is 3.02. The highest BCUT2D eigenvalue weighted by Crippen LogP contribution is 2.38. The molecule has 0 radical (unpaired) electrons. The predicted octanol–water partition coefficient (Wildman–Crippen LogP) is 0.576. The molecule has 0 bridgehead atoms. The highest BCUT2D eigenvalue weighted by Gasteiger charge is 2.32. The molecule has 0 aliphatic rings. The van der Waals surface area contributed by atoms with Crippen molar-refractivity contribution in [2.24, 2.45) is 0 Å². The van der Waals surface area contributed by atoms with Gasteiger partial charge in [-0.25, -0.2) is 0 Å². The molecule has 6 amide bonds. The molecule has 2 aromatic carbocycles. The van der Waals surface area contributed by atoms with E-state index in [1.165, 1.54) is 23.9 Å². The van der Waals surface area contributed by atoms with Gasteiger partial charge in [-0.1, -0.05) is 0 Å². The van der Waals surface area contributed by atoms with Crippen LogP contribution >= 0.6 is 136 Å². The van der Waals surface area contributed by atoms with Gasteiger partial charge in [0.2, 0.25) is 11.8 Å². The zero-order valence-electron chi connectivity index (χ0n) is 28.8. The Labute approximate surface area is 396 Å². The van der Waals surface area contributed by atoms with E-state index in [0.29, 0.717) is 7.14 Å². The summed E-state index contributed by atoms with van der Waals surface area (Å²) in [5.41, 5.74) is 0.431. The largest absolute Gasteiger partial charge is 0.394 e. The molecular weight excluding hydrogens is 1410 g/mol. The summed E-state index contributed by atoms with van der Waals surface area (Å²) in [5, 5.41) is 66.6. The van der Waals surface area contributed by atoms with Crippen LogP contribution in [0.25, 0.3) is 0 Å². The number of carbonyl (C=O) groups is 6. The van der Waals surface area contributed by atoms with Crippen LogP contribution in [0.15, 0.2) is 0 Å². The van der Waals surface area contributed by atoms with Gasteiger partial charge in [-0.15, -0.1) is 0 Å².